The molecule has 1 heterocycles. The van der Waals surface area contributed by atoms with Crippen molar-refractivity contribution < 1.29 is 9.47 Å². The zero-order chi connectivity index (χ0) is 7.40. The summed E-state index contributed by atoms with van der Waals surface area (Å²) in [6, 6.07) is 0. The molecule has 1 rings (SSSR count). The first-order chi connectivity index (χ1) is 4.83. The Balaban J connectivity index is 2.19. The van der Waals surface area contributed by atoms with Gasteiger partial charge in [0.15, 0.2) is 6.29 Å². The molecule has 1 aliphatic rings. The second-order valence-corrected chi connectivity index (χ2v) is 2.39. The van der Waals surface area contributed by atoms with Gasteiger partial charge in [-0.3, -0.25) is 0 Å². The number of hydrogen-bond donors (Lipinski definition) is 0. The zero-order valence-electron chi connectivity index (χ0n) is 6.17. The molecule has 10 heavy (non-hydrogen) atoms. The van der Waals surface area contributed by atoms with Crippen LogP contribution in [-0.4, -0.2) is 19.0 Å². The highest BCUT2D eigenvalue weighted by molar-refractivity contribution is 4.91. The van der Waals surface area contributed by atoms with Crippen LogP contribution in [0.4, 0.5) is 0 Å². The molecule has 0 spiro atoms. The number of hydrogen-bond acceptors (Lipinski definition) is 2. The first-order valence-corrected chi connectivity index (χ1v) is 3.56. The summed E-state index contributed by atoms with van der Waals surface area (Å²) >= 11 is 0. The third kappa shape index (κ3) is 2.02. The summed E-state index contributed by atoms with van der Waals surface area (Å²) in [5, 5.41) is 0. The average Bonchev–Trinajstić information content (AvgIpc) is 2.40. The Bertz CT molecular complexity index is 131. The minimum Gasteiger partial charge on any atom is -0.353 e. The minimum atomic E-state index is -0.122. The van der Waals surface area contributed by atoms with Gasteiger partial charge in [-0.25, -0.2) is 0 Å². The largest absolute Gasteiger partial charge is 0.353 e. The predicted octanol–water partition coefficient (Wildman–Crippen LogP) is 1.16. The Morgan fingerprint density at radius 2 is 2.60 bits per heavy atom. The van der Waals surface area contributed by atoms with Gasteiger partial charge in [0, 0.05) is 13.0 Å². The van der Waals surface area contributed by atoms with Gasteiger partial charge in [-0.05, 0) is 13.3 Å². The molecule has 0 saturated carbocycles. The van der Waals surface area contributed by atoms with Gasteiger partial charge in [-0.2, -0.15) is 0 Å². The lowest BCUT2D eigenvalue weighted by molar-refractivity contribution is -0.124. The maximum absolute atomic E-state index is 5.30. The molecule has 2 heteroatoms. The second kappa shape index (κ2) is 3.60. The molecule has 0 aliphatic carbocycles. The van der Waals surface area contributed by atoms with Gasteiger partial charge < -0.3 is 9.47 Å². The van der Waals surface area contributed by atoms with Gasteiger partial charge in [0.1, 0.15) is 6.10 Å². The highest BCUT2D eigenvalue weighted by Gasteiger charge is 2.17. The fraction of sp³-hybridized carbons (Fsp3) is 0.750. The summed E-state index contributed by atoms with van der Waals surface area (Å²) in [7, 11) is 0. The van der Waals surface area contributed by atoms with E-state index in [0.717, 1.165) is 19.4 Å². The van der Waals surface area contributed by atoms with Crippen molar-refractivity contribution in [1.29, 1.82) is 0 Å². The van der Waals surface area contributed by atoms with Crippen LogP contribution >= 0.6 is 0 Å². The maximum atomic E-state index is 5.30. The van der Waals surface area contributed by atoms with E-state index >= 15 is 0 Å². The Kier molecular flexibility index (Phi) is 2.73. The first-order valence-electron chi connectivity index (χ1n) is 3.56. The molecular weight excluding hydrogens is 128 g/mol. The first kappa shape index (κ1) is 7.59. The van der Waals surface area contributed by atoms with Gasteiger partial charge in [0.05, 0.1) is 0 Å². The van der Waals surface area contributed by atoms with Crippen molar-refractivity contribution in [3.05, 3.63) is 0 Å². The van der Waals surface area contributed by atoms with Crippen LogP contribution in [0.25, 0.3) is 0 Å². The van der Waals surface area contributed by atoms with Crippen LogP contribution in [0, 0.1) is 12.3 Å². The Labute approximate surface area is 61.5 Å². The summed E-state index contributed by atoms with van der Waals surface area (Å²) in [5.74, 6) is 2.49. The molecule has 0 radical (unpaired) electrons. The van der Waals surface area contributed by atoms with Gasteiger partial charge in [0.25, 0.3) is 0 Å². The van der Waals surface area contributed by atoms with Gasteiger partial charge in [0.2, 0.25) is 0 Å². The van der Waals surface area contributed by atoms with E-state index in [1.54, 1.807) is 0 Å². The van der Waals surface area contributed by atoms with Crippen molar-refractivity contribution in [2.75, 3.05) is 6.61 Å². The Morgan fingerprint density at radius 3 is 3.10 bits per heavy atom. The van der Waals surface area contributed by atoms with E-state index in [-0.39, 0.29) is 12.4 Å². The molecular formula is C8H12O2. The SMILES string of the molecule is C#CC(C)OC1CCCO1. The van der Waals surface area contributed by atoms with E-state index in [1.165, 1.54) is 0 Å². The molecule has 1 saturated heterocycles. The quantitative estimate of drug-likeness (QED) is 0.536. The molecule has 2 unspecified atom stereocenters. The highest BCUT2D eigenvalue weighted by Crippen LogP contribution is 2.14. The monoisotopic (exact) mass is 140 g/mol. The number of terminal acetylenes is 1. The van der Waals surface area contributed by atoms with Gasteiger partial charge in [-0.15, -0.1) is 6.42 Å². The molecule has 0 bridgehead atoms. The standard InChI is InChI=1S/C8H12O2/c1-3-7(2)10-8-5-4-6-9-8/h1,7-8H,4-6H2,2H3. The molecule has 0 amide bonds. The van der Waals surface area contributed by atoms with Crippen molar-refractivity contribution in [2.45, 2.75) is 32.2 Å². The average molecular weight is 140 g/mol. The summed E-state index contributed by atoms with van der Waals surface area (Å²) < 4.78 is 10.5. The third-order valence-corrected chi connectivity index (χ3v) is 1.48. The van der Waals surface area contributed by atoms with E-state index < -0.39 is 0 Å². The molecule has 2 nitrogen and oxygen atoms in total. The molecule has 0 N–H and O–H groups in total. The lowest BCUT2D eigenvalue weighted by Crippen LogP contribution is -2.16. The second-order valence-electron chi connectivity index (χ2n) is 2.39. The van der Waals surface area contributed by atoms with Crippen LogP contribution in [0.2, 0.25) is 0 Å². The predicted molar refractivity (Wildman–Crippen MR) is 38.4 cm³/mol. The third-order valence-electron chi connectivity index (χ3n) is 1.48. The lowest BCUT2D eigenvalue weighted by atomic mass is 10.3. The zero-order valence-corrected chi connectivity index (χ0v) is 6.17. The Morgan fingerprint density at radius 1 is 1.80 bits per heavy atom. The van der Waals surface area contributed by atoms with Crippen molar-refractivity contribution in [1.82, 2.24) is 0 Å². The van der Waals surface area contributed by atoms with Crippen LogP contribution in [0.5, 0.6) is 0 Å². The molecule has 1 aliphatic heterocycles. The van der Waals surface area contributed by atoms with E-state index in [1.807, 2.05) is 6.92 Å². The van der Waals surface area contributed by atoms with Crippen LogP contribution in [-0.2, 0) is 9.47 Å². The normalized spacial score (nSPS) is 27.8. The van der Waals surface area contributed by atoms with E-state index in [9.17, 15) is 0 Å². The fourth-order valence-corrected chi connectivity index (χ4v) is 0.922. The molecule has 0 aromatic rings. The van der Waals surface area contributed by atoms with Crippen molar-refractivity contribution in [2.24, 2.45) is 0 Å². The highest BCUT2D eigenvalue weighted by atomic mass is 16.7. The summed E-state index contributed by atoms with van der Waals surface area (Å²) in [6.45, 7) is 2.66. The van der Waals surface area contributed by atoms with Crippen molar-refractivity contribution in [3.8, 4) is 12.3 Å². The fourth-order valence-electron chi connectivity index (χ4n) is 0.922. The molecule has 0 aromatic heterocycles. The van der Waals surface area contributed by atoms with E-state index in [0.29, 0.717) is 0 Å². The summed E-state index contributed by atoms with van der Waals surface area (Å²) in [5.41, 5.74) is 0. The van der Waals surface area contributed by atoms with Crippen molar-refractivity contribution in [3.63, 3.8) is 0 Å². The van der Waals surface area contributed by atoms with Gasteiger partial charge in [-0.1, -0.05) is 5.92 Å². The van der Waals surface area contributed by atoms with E-state index in [4.69, 9.17) is 15.9 Å². The molecule has 56 valence electrons. The van der Waals surface area contributed by atoms with Crippen LogP contribution in [0.3, 0.4) is 0 Å². The van der Waals surface area contributed by atoms with Crippen LogP contribution in [0.1, 0.15) is 19.8 Å². The molecule has 2 atom stereocenters. The van der Waals surface area contributed by atoms with Crippen molar-refractivity contribution >= 4 is 0 Å². The summed E-state index contributed by atoms with van der Waals surface area (Å²) in [4.78, 5) is 0. The minimum absolute atomic E-state index is 0.0500. The lowest BCUT2D eigenvalue weighted by Gasteiger charge is -2.12. The molecule has 0 aromatic carbocycles. The summed E-state index contributed by atoms with van der Waals surface area (Å²) in [6.07, 6.45) is 7.01. The number of ether oxygens (including phenoxy) is 2. The Hall–Kier alpha value is -0.520. The molecule has 1 fully saturated rings. The van der Waals surface area contributed by atoms with Crippen LogP contribution < -0.4 is 0 Å². The maximum Gasteiger partial charge on any atom is 0.159 e. The smallest absolute Gasteiger partial charge is 0.159 e. The topological polar surface area (TPSA) is 18.5 Å². The number of rotatable bonds is 2. The van der Waals surface area contributed by atoms with Crippen LogP contribution in [0.15, 0.2) is 0 Å². The van der Waals surface area contributed by atoms with Gasteiger partial charge >= 0.3 is 0 Å². The van der Waals surface area contributed by atoms with E-state index in [2.05, 4.69) is 5.92 Å².